The Morgan fingerprint density at radius 2 is 1.72 bits per heavy atom. The minimum Gasteiger partial charge on any atom is -0.497 e. The fourth-order valence-corrected chi connectivity index (χ4v) is 2.01. The third-order valence-electron chi connectivity index (χ3n) is 2.57. The molecule has 0 radical (unpaired) electrons. The lowest BCUT2D eigenvalue weighted by atomic mass is 10.1. The van der Waals surface area contributed by atoms with Gasteiger partial charge in [-0.15, -0.1) is 0 Å². The summed E-state index contributed by atoms with van der Waals surface area (Å²) in [6.07, 6.45) is 0.379. The van der Waals surface area contributed by atoms with Crippen LogP contribution in [0.4, 0.5) is 0 Å². The molecule has 0 amide bonds. The number of methoxy groups -OCH3 is 1. The van der Waals surface area contributed by atoms with Gasteiger partial charge in [-0.25, -0.2) is 0 Å². The van der Waals surface area contributed by atoms with Gasteiger partial charge in [0.05, 0.1) is 11.6 Å². The predicted molar refractivity (Wildman–Crippen MR) is 71.2 cm³/mol. The molecular formula is C12H11BrN2O3. The van der Waals surface area contributed by atoms with Crippen LogP contribution >= 0.6 is 15.9 Å². The summed E-state index contributed by atoms with van der Waals surface area (Å²) < 4.78 is 5.32. The van der Waals surface area contributed by atoms with Gasteiger partial charge in [0.25, 0.3) is 11.1 Å². The van der Waals surface area contributed by atoms with E-state index in [1.165, 1.54) is 0 Å². The summed E-state index contributed by atoms with van der Waals surface area (Å²) in [5.74, 6) is 0.748. The Morgan fingerprint density at radius 1 is 1.11 bits per heavy atom. The van der Waals surface area contributed by atoms with Gasteiger partial charge in [-0.1, -0.05) is 12.1 Å². The Labute approximate surface area is 111 Å². The van der Waals surface area contributed by atoms with Gasteiger partial charge in [-0.3, -0.25) is 19.8 Å². The van der Waals surface area contributed by atoms with Crippen LogP contribution in [-0.2, 0) is 6.42 Å². The summed E-state index contributed by atoms with van der Waals surface area (Å²) in [6, 6.07) is 7.33. The van der Waals surface area contributed by atoms with E-state index in [9.17, 15) is 9.59 Å². The van der Waals surface area contributed by atoms with Crippen molar-refractivity contribution in [2.45, 2.75) is 6.42 Å². The smallest absolute Gasteiger partial charge is 0.277 e. The van der Waals surface area contributed by atoms with Crippen molar-refractivity contribution in [1.29, 1.82) is 0 Å². The van der Waals surface area contributed by atoms with E-state index in [1.807, 2.05) is 24.3 Å². The van der Waals surface area contributed by atoms with Gasteiger partial charge in [-0.2, -0.15) is 0 Å². The highest BCUT2D eigenvalue weighted by molar-refractivity contribution is 9.10. The minimum atomic E-state index is -0.349. The fraction of sp³-hybridized carbons (Fsp3) is 0.167. The maximum Gasteiger partial charge on any atom is 0.277 e. The maximum absolute atomic E-state index is 11.6. The second-order valence-electron chi connectivity index (χ2n) is 3.73. The number of hydrogen-bond acceptors (Lipinski definition) is 3. The normalized spacial score (nSPS) is 10.3. The number of benzene rings is 1. The van der Waals surface area contributed by atoms with Gasteiger partial charge in [0.1, 0.15) is 5.75 Å². The highest BCUT2D eigenvalue weighted by Gasteiger charge is 2.09. The summed E-state index contributed by atoms with van der Waals surface area (Å²) in [5.41, 5.74) is 0.673. The lowest BCUT2D eigenvalue weighted by Gasteiger charge is -2.04. The number of rotatable bonds is 3. The van der Waals surface area contributed by atoms with Crippen molar-refractivity contribution in [1.82, 2.24) is 10.2 Å². The Balaban J connectivity index is 2.36. The van der Waals surface area contributed by atoms with Crippen LogP contribution in [0.25, 0.3) is 0 Å². The molecule has 0 spiro atoms. The molecule has 1 aromatic heterocycles. The molecule has 1 heterocycles. The van der Waals surface area contributed by atoms with Gasteiger partial charge in [0, 0.05) is 12.0 Å². The molecule has 0 aliphatic carbocycles. The van der Waals surface area contributed by atoms with Gasteiger partial charge >= 0.3 is 0 Å². The van der Waals surface area contributed by atoms with Crippen LogP contribution in [0.15, 0.2) is 38.3 Å². The first-order valence-electron chi connectivity index (χ1n) is 5.24. The summed E-state index contributed by atoms with van der Waals surface area (Å²) in [6.45, 7) is 0. The minimum absolute atomic E-state index is 0.266. The van der Waals surface area contributed by atoms with Crippen LogP contribution in [0.2, 0.25) is 0 Å². The molecule has 0 unspecified atom stereocenters. The van der Waals surface area contributed by atoms with Gasteiger partial charge < -0.3 is 4.74 Å². The van der Waals surface area contributed by atoms with E-state index < -0.39 is 0 Å². The topological polar surface area (TPSA) is 75.0 Å². The zero-order valence-electron chi connectivity index (χ0n) is 9.62. The van der Waals surface area contributed by atoms with Crippen molar-refractivity contribution >= 4 is 15.9 Å². The Kier molecular flexibility index (Phi) is 3.66. The first-order valence-corrected chi connectivity index (χ1v) is 6.03. The van der Waals surface area contributed by atoms with Crippen LogP contribution in [0.5, 0.6) is 5.75 Å². The third kappa shape index (κ3) is 2.53. The summed E-state index contributed by atoms with van der Waals surface area (Å²) >= 11 is 3.13. The van der Waals surface area contributed by atoms with E-state index in [4.69, 9.17) is 4.74 Å². The molecule has 0 atom stereocenters. The Hall–Kier alpha value is -1.82. The average Bonchev–Trinajstić information content (AvgIpc) is 2.40. The zero-order valence-corrected chi connectivity index (χ0v) is 11.2. The molecule has 0 saturated carbocycles. The molecule has 0 aliphatic rings. The predicted octanol–water partition coefficient (Wildman–Crippen LogP) is 1.43. The quantitative estimate of drug-likeness (QED) is 0.900. The molecule has 0 aliphatic heterocycles. The van der Waals surface area contributed by atoms with Gasteiger partial charge in [0.15, 0.2) is 0 Å². The number of aromatic nitrogens is 2. The molecular weight excluding hydrogens is 300 g/mol. The number of nitrogens with one attached hydrogen (secondary N) is 2. The molecule has 0 saturated heterocycles. The van der Waals surface area contributed by atoms with Gasteiger partial charge in [-0.05, 0) is 33.6 Å². The Morgan fingerprint density at radius 3 is 2.33 bits per heavy atom. The first-order chi connectivity index (χ1) is 8.61. The van der Waals surface area contributed by atoms with Crippen LogP contribution in [0.1, 0.15) is 11.1 Å². The molecule has 94 valence electrons. The van der Waals surface area contributed by atoms with Crippen LogP contribution in [0.3, 0.4) is 0 Å². The van der Waals surface area contributed by atoms with Crippen molar-refractivity contribution in [2.24, 2.45) is 0 Å². The Bertz CT molecular complexity index is 658. The molecule has 2 rings (SSSR count). The second-order valence-corrected chi connectivity index (χ2v) is 4.52. The number of halogens is 1. The van der Waals surface area contributed by atoms with Crippen molar-refractivity contribution in [3.63, 3.8) is 0 Å². The molecule has 2 aromatic rings. The molecule has 1 aromatic carbocycles. The fourth-order valence-electron chi connectivity index (χ4n) is 1.59. The molecule has 0 fully saturated rings. The highest BCUT2D eigenvalue weighted by atomic mass is 79.9. The van der Waals surface area contributed by atoms with Crippen LogP contribution < -0.4 is 15.9 Å². The average molecular weight is 311 g/mol. The van der Waals surface area contributed by atoms with Gasteiger partial charge in [0.2, 0.25) is 0 Å². The van der Waals surface area contributed by atoms with E-state index in [-0.39, 0.29) is 15.6 Å². The number of aromatic amines is 2. The maximum atomic E-state index is 11.6. The largest absolute Gasteiger partial charge is 0.497 e. The van der Waals surface area contributed by atoms with E-state index in [0.717, 1.165) is 11.3 Å². The van der Waals surface area contributed by atoms with E-state index >= 15 is 0 Å². The van der Waals surface area contributed by atoms with Crippen molar-refractivity contribution in [3.8, 4) is 5.75 Å². The molecule has 2 N–H and O–H groups in total. The third-order valence-corrected chi connectivity index (χ3v) is 3.41. The summed E-state index contributed by atoms with van der Waals surface area (Å²) in [4.78, 5) is 23.0. The molecule has 0 bridgehead atoms. The lowest BCUT2D eigenvalue weighted by molar-refractivity contribution is 0.414. The molecule has 6 heteroatoms. The van der Waals surface area contributed by atoms with E-state index in [2.05, 4.69) is 26.1 Å². The van der Waals surface area contributed by atoms with Crippen molar-refractivity contribution < 1.29 is 4.74 Å². The standard InChI is InChI=1S/C12H11BrN2O3/c1-18-8-4-2-7(3-5-8)6-9-10(13)12(17)15-14-11(9)16/h2-5H,6H2,1H3,(H,14,16)(H,15,17). The molecule has 18 heavy (non-hydrogen) atoms. The number of ether oxygens (including phenoxy) is 1. The van der Waals surface area contributed by atoms with Crippen molar-refractivity contribution in [3.05, 3.63) is 60.6 Å². The van der Waals surface area contributed by atoms with E-state index in [0.29, 0.717) is 12.0 Å². The molecule has 5 nitrogen and oxygen atoms in total. The highest BCUT2D eigenvalue weighted by Crippen LogP contribution is 2.15. The monoisotopic (exact) mass is 310 g/mol. The second kappa shape index (κ2) is 5.22. The SMILES string of the molecule is COc1ccc(Cc2c(Br)c(=O)[nH][nH]c2=O)cc1. The summed E-state index contributed by atoms with van der Waals surface area (Å²) in [7, 11) is 1.59. The van der Waals surface area contributed by atoms with Crippen molar-refractivity contribution in [2.75, 3.05) is 7.11 Å². The zero-order chi connectivity index (χ0) is 13.1. The van der Waals surface area contributed by atoms with Crippen LogP contribution in [0, 0.1) is 0 Å². The first kappa shape index (κ1) is 12.6. The lowest BCUT2D eigenvalue weighted by Crippen LogP contribution is -2.24. The number of H-pyrrole nitrogens is 2. The summed E-state index contributed by atoms with van der Waals surface area (Å²) in [5, 5.41) is 4.56. The van der Waals surface area contributed by atoms with E-state index in [1.54, 1.807) is 7.11 Å². The van der Waals surface area contributed by atoms with Crippen LogP contribution in [-0.4, -0.2) is 17.3 Å². The number of hydrogen-bond donors (Lipinski definition) is 2.